The lowest BCUT2D eigenvalue weighted by atomic mass is 9.81. The van der Waals surface area contributed by atoms with Crippen LogP contribution in [0.1, 0.15) is 71.1 Å². The van der Waals surface area contributed by atoms with Crippen LogP contribution in [0.3, 0.4) is 0 Å². The summed E-state index contributed by atoms with van der Waals surface area (Å²) in [6.45, 7) is 8.99. The van der Waals surface area contributed by atoms with Gasteiger partial charge in [0.2, 0.25) is 0 Å². The molecule has 0 radical (unpaired) electrons. The first-order valence-electron chi connectivity index (χ1n) is 8.88. The second-order valence-electron chi connectivity index (χ2n) is 7.97. The van der Waals surface area contributed by atoms with E-state index in [4.69, 9.17) is 0 Å². The van der Waals surface area contributed by atoms with Gasteiger partial charge in [0.15, 0.2) is 0 Å². The molecule has 0 aromatic heterocycles. The van der Waals surface area contributed by atoms with Crippen molar-refractivity contribution in [3.63, 3.8) is 0 Å². The number of Topliss-reactive ketones (excluding diaryl/α,β-unsaturated/α-hetero) is 1. The molecule has 1 fully saturated rings. The molecule has 0 saturated heterocycles. The Labute approximate surface area is 132 Å². The Morgan fingerprint density at radius 2 is 1.67 bits per heavy atom. The van der Waals surface area contributed by atoms with Crippen molar-refractivity contribution in [3.05, 3.63) is 0 Å². The van der Waals surface area contributed by atoms with Crippen molar-refractivity contribution in [1.29, 1.82) is 0 Å². The average Bonchev–Trinajstić information content (AvgIpc) is 2.75. The van der Waals surface area contributed by atoms with Crippen LogP contribution in [0.4, 0.5) is 0 Å². The van der Waals surface area contributed by atoms with Gasteiger partial charge in [0.05, 0.1) is 13.5 Å². The number of unbranched alkanes of at least 4 members (excludes halogenated alkanes) is 6. The summed E-state index contributed by atoms with van der Waals surface area (Å²) in [5.74, 6) is 0.280. The second kappa shape index (κ2) is 8.26. The standard InChI is InChI=1S/C18H34O2Si/c1-5-6-7-8-9-10-11-13-18(15-19)14-12-16(17(18)20)21(2,3)4/h15-16H,5-14H2,1-4H3/t16-,18+/m0/s1. The van der Waals surface area contributed by atoms with E-state index < -0.39 is 13.5 Å². The van der Waals surface area contributed by atoms with Crippen molar-refractivity contribution in [1.82, 2.24) is 0 Å². The van der Waals surface area contributed by atoms with E-state index in [0.29, 0.717) is 0 Å². The van der Waals surface area contributed by atoms with Crippen LogP contribution in [0.25, 0.3) is 0 Å². The minimum Gasteiger partial charge on any atom is -0.302 e. The van der Waals surface area contributed by atoms with Crippen molar-refractivity contribution in [2.45, 2.75) is 96.3 Å². The highest BCUT2D eigenvalue weighted by molar-refractivity contribution is 6.81. The topological polar surface area (TPSA) is 34.1 Å². The Hall–Kier alpha value is -0.443. The molecule has 0 heterocycles. The third-order valence-electron chi connectivity index (χ3n) is 5.18. The highest BCUT2D eigenvalue weighted by Gasteiger charge is 2.51. The van der Waals surface area contributed by atoms with E-state index in [-0.39, 0.29) is 11.3 Å². The van der Waals surface area contributed by atoms with E-state index in [9.17, 15) is 9.59 Å². The summed E-state index contributed by atoms with van der Waals surface area (Å²) in [5.41, 5.74) is -0.416. The van der Waals surface area contributed by atoms with Crippen LogP contribution in [0.2, 0.25) is 25.2 Å². The molecule has 0 aromatic carbocycles. The van der Waals surface area contributed by atoms with Gasteiger partial charge in [0, 0.05) is 5.54 Å². The van der Waals surface area contributed by atoms with E-state index in [1.807, 2.05) is 0 Å². The van der Waals surface area contributed by atoms with Crippen LogP contribution < -0.4 is 0 Å². The zero-order valence-electron chi connectivity index (χ0n) is 14.5. The van der Waals surface area contributed by atoms with Crippen molar-refractivity contribution in [2.75, 3.05) is 0 Å². The molecular weight excluding hydrogens is 276 g/mol. The molecule has 1 aliphatic carbocycles. The first kappa shape index (κ1) is 18.6. The second-order valence-corrected chi connectivity index (χ2v) is 13.4. The summed E-state index contributed by atoms with van der Waals surface area (Å²) in [4.78, 5) is 24.3. The minimum absolute atomic E-state index is 0.201. The molecule has 0 spiro atoms. The van der Waals surface area contributed by atoms with Gasteiger partial charge in [-0.1, -0.05) is 71.5 Å². The molecule has 2 nitrogen and oxygen atoms in total. The maximum atomic E-state index is 12.7. The van der Waals surface area contributed by atoms with E-state index in [2.05, 4.69) is 26.6 Å². The molecule has 1 saturated carbocycles. The van der Waals surface area contributed by atoms with Crippen LogP contribution in [-0.4, -0.2) is 20.1 Å². The third-order valence-corrected chi connectivity index (χ3v) is 7.83. The predicted molar refractivity (Wildman–Crippen MR) is 92.4 cm³/mol. The molecule has 0 aliphatic heterocycles. The number of hydrogen-bond acceptors (Lipinski definition) is 2. The van der Waals surface area contributed by atoms with Gasteiger partial charge in [-0.15, -0.1) is 0 Å². The van der Waals surface area contributed by atoms with Crippen molar-refractivity contribution >= 4 is 20.1 Å². The molecule has 0 aromatic rings. The van der Waals surface area contributed by atoms with Crippen molar-refractivity contribution < 1.29 is 9.59 Å². The highest BCUT2D eigenvalue weighted by atomic mass is 28.3. The smallest absolute Gasteiger partial charge is 0.146 e. The summed E-state index contributed by atoms with van der Waals surface area (Å²) in [7, 11) is -1.47. The van der Waals surface area contributed by atoms with Crippen LogP contribution in [0, 0.1) is 5.41 Å². The summed E-state index contributed by atoms with van der Waals surface area (Å²) < 4.78 is 0. The lowest BCUT2D eigenvalue weighted by Gasteiger charge is -2.26. The number of rotatable bonds is 10. The number of carbonyl (C=O) groups is 2. The van der Waals surface area contributed by atoms with Crippen LogP contribution >= 0.6 is 0 Å². The monoisotopic (exact) mass is 310 g/mol. The Balaban J connectivity index is 2.41. The quantitative estimate of drug-likeness (QED) is 0.235. The number of carbonyl (C=O) groups excluding carboxylic acids is 2. The SMILES string of the molecule is CCCCCCCCC[C@]1(C=O)CC[C@H]([Si](C)(C)C)C1=O. The third kappa shape index (κ3) is 5.05. The van der Waals surface area contributed by atoms with Gasteiger partial charge in [-0.3, -0.25) is 4.79 Å². The summed E-state index contributed by atoms with van der Waals surface area (Å²) in [6.07, 6.45) is 12.2. The molecule has 0 unspecified atom stereocenters. The Bertz CT molecular complexity index is 346. The lowest BCUT2D eigenvalue weighted by Crippen LogP contribution is -2.37. The van der Waals surface area contributed by atoms with Crippen molar-refractivity contribution in [2.24, 2.45) is 5.41 Å². The maximum Gasteiger partial charge on any atom is 0.146 e. The molecule has 0 amide bonds. The predicted octanol–water partition coefficient (Wildman–Crippen LogP) is 5.38. The van der Waals surface area contributed by atoms with Gasteiger partial charge in [0.1, 0.15) is 12.1 Å². The minimum atomic E-state index is -1.47. The molecule has 122 valence electrons. The summed E-state index contributed by atoms with van der Waals surface area (Å²) >= 11 is 0. The van der Waals surface area contributed by atoms with Gasteiger partial charge < -0.3 is 4.79 Å². The molecular formula is C18H34O2Si. The molecule has 2 atom stereocenters. The zero-order chi connectivity index (χ0) is 15.9. The normalized spacial score (nSPS) is 26.3. The van der Waals surface area contributed by atoms with E-state index in [1.54, 1.807) is 0 Å². The maximum absolute atomic E-state index is 12.7. The van der Waals surface area contributed by atoms with Crippen LogP contribution in [0.5, 0.6) is 0 Å². The Morgan fingerprint density at radius 3 is 2.14 bits per heavy atom. The number of hydrogen-bond donors (Lipinski definition) is 0. The first-order chi connectivity index (χ1) is 9.87. The number of aldehydes is 1. The fourth-order valence-electron chi connectivity index (χ4n) is 3.65. The Kier molecular flexibility index (Phi) is 7.32. The Morgan fingerprint density at radius 1 is 1.10 bits per heavy atom. The van der Waals surface area contributed by atoms with Gasteiger partial charge in [-0.25, -0.2) is 0 Å². The zero-order valence-corrected chi connectivity index (χ0v) is 15.5. The molecule has 1 aliphatic rings. The number of ketones is 1. The fraction of sp³-hybridized carbons (Fsp3) is 0.889. The van der Waals surface area contributed by atoms with Crippen LogP contribution in [-0.2, 0) is 9.59 Å². The van der Waals surface area contributed by atoms with Gasteiger partial charge in [-0.2, -0.15) is 0 Å². The van der Waals surface area contributed by atoms with Gasteiger partial charge in [-0.05, 0) is 19.3 Å². The van der Waals surface area contributed by atoms with Crippen LogP contribution in [0.15, 0.2) is 0 Å². The molecule has 21 heavy (non-hydrogen) atoms. The molecule has 3 heteroatoms. The fourth-order valence-corrected chi connectivity index (χ4v) is 5.74. The first-order valence-corrected chi connectivity index (χ1v) is 12.5. The van der Waals surface area contributed by atoms with Gasteiger partial charge >= 0.3 is 0 Å². The molecule has 0 N–H and O–H groups in total. The van der Waals surface area contributed by atoms with Crippen molar-refractivity contribution in [3.8, 4) is 0 Å². The average molecular weight is 311 g/mol. The molecule has 0 bridgehead atoms. The van der Waals surface area contributed by atoms with E-state index >= 15 is 0 Å². The summed E-state index contributed by atoms with van der Waals surface area (Å²) in [5, 5.41) is 0. The van der Waals surface area contributed by atoms with E-state index in [1.165, 1.54) is 38.5 Å². The van der Waals surface area contributed by atoms with E-state index in [0.717, 1.165) is 32.0 Å². The largest absolute Gasteiger partial charge is 0.302 e. The summed E-state index contributed by atoms with van der Waals surface area (Å²) in [6, 6.07) is 0. The van der Waals surface area contributed by atoms with Gasteiger partial charge in [0.25, 0.3) is 0 Å². The highest BCUT2D eigenvalue weighted by Crippen LogP contribution is 2.47. The molecule has 1 rings (SSSR count). The lowest BCUT2D eigenvalue weighted by molar-refractivity contribution is -0.132.